The van der Waals surface area contributed by atoms with Gasteiger partial charge in [0.25, 0.3) is 0 Å². The molecule has 25 heavy (non-hydrogen) atoms. The highest BCUT2D eigenvalue weighted by atomic mass is 16.6. The maximum atomic E-state index is 11.0. The molecule has 1 aliphatic heterocycles. The van der Waals surface area contributed by atoms with E-state index in [4.69, 9.17) is 9.47 Å². The van der Waals surface area contributed by atoms with Gasteiger partial charge in [0.1, 0.15) is 18.9 Å². The van der Waals surface area contributed by atoms with Crippen LogP contribution in [0.25, 0.3) is 0 Å². The number of para-hydroxylation sites is 2. The van der Waals surface area contributed by atoms with Gasteiger partial charge in [0.05, 0.1) is 4.92 Å². The minimum atomic E-state index is -0.446. The van der Waals surface area contributed by atoms with Crippen LogP contribution in [0.5, 0.6) is 5.75 Å². The number of hydrogen-bond acceptors (Lipinski definition) is 6. The van der Waals surface area contributed by atoms with Crippen molar-refractivity contribution in [3.63, 3.8) is 0 Å². The van der Waals surface area contributed by atoms with Crippen LogP contribution in [0.3, 0.4) is 0 Å². The summed E-state index contributed by atoms with van der Waals surface area (Å²) < 4.78 is 11.6. The molecule has 0 unspecified atom stereocenters. The molecule has 2 aromatic rings. The molecule has 1 aliphatic rings. The zero-order chi connectivity index (χ0) is 17.8. The van der Waals surface area contributed by atoms with Crippen LogP contribution in [0.2, 0.25) is 0 Å². The molecule has 0 aliphatic carbocycles. The molecule has 2 aromatic carbocycles. The first-order valence-corrected chi connectivity index (χ1v) is 8.07. The summed E-state index contributed by atoms with van der Waals surface area (Å²) in [7, 11) is 3.99. The number of nitrogens with one attached hydrogen (secondary N) is 1. The van der Waals surface area contributed by atoms with E-state index in [0.717, 1.165) is 11.3 Å². The summed E-state index contributed by atoms with van der Waals surface area (Å²) in [6.45, 7) is 0.880. The highest BCUT2D eigenvalue weighted by Gasteiger charge is 2.27. The van der Waals surface area contributed by atoms with E-state index in [0.29, 0.717) is 6.54 Å². The van der Waals surface area contributed by atoms with Crippen molar-refractivity contribution >= 4 is 11.4 Å². The Kier molecular flexibility index (Phi) is 5.16. The van der Waals surface area contributed by atoms with Crippen LogP contribution in [0.1, 0.15) is 11.8 Å². The largest absolute Gasteiger partial charge is 0.484 e. The monoisotopic (exact) mass is 343 g/mol. The summed E-state index contributed by atoms with van der Waals surface area (Å²) in [6.07, 6.45) is -0.367. The van der Waals surface area contributed by atoms with Gasteiger partial charge in [0.15, 0.2) is 5.75 Å². The Hall–Kier alpha value is -2.64. The smallest absolute Gasteiger partial charge is 0.310 e. The Labute approximate surface area is 146 Å². The molecule has 0 amide bonds. The van der Waals surface area contributed by atoms with Gasteiger partial charge in [-0.2, -0.15) is 0 Å². The van der Waals surface area contributed by atoms with Crippen LogP contribution in [0.15, 0.2) is 48.5 Å². The van der Waals surface area contributed by atoms with Crippen LogP contribution in [0, 0.1) is 10.1 Å². The van der Waals surface area contributed by atoms with Crippen molar-refractivity contribution in [1.82, 2.24) is 5.32 Å². The summed E-state index contributed by atoms with van der Waals surface area (Å²) in [5, 5.41) is 14.3. The van der Waals surface area contributed by atoms with Gasteiger partial charge in [-0.1, -0.05) is 24.3 Å². The maximum absolute atomic E-state index is 11.0. The molecule has 3 rings (SSSR count). The van der Waals surface area contributed by atoms with E-state index in [1.165, 1.54) is 6.07 Å². The van der Waals surface area contributed by atoms with Crippen molar-refractivity contribution in [1.29, 1.82) is 0 Å². The Balaban J connectivity index is 1.57. The Bertz CT molecular complexity index is 733. The summed E-state index contributed by atoms with van der Waals surface area (Å²) in [4.78, 5) is 12.6. The van der Waals surface area contributed by atoms with E-state index in [1.807, 2.05) is 43.3 Å². The van der Waals surface area contributed by atoms with Crippen molar-refractivity contribution in [2.75, 3.05) is 32.1 Å². The second-order valence-electron chi connectivity index (χ2n) is 6.07. The molecule has 7 heteroatoms. The summed E-state index contributed by atoms with van der Waals surface area (Å²) >= 11 is 0. The van der Waals surface area contributed by atoms with E-state index in [2.05, 4.69) is 5.32 Å². The lowest BCUT2D eigenvalue weighted by Crippen LogP contribution is -2.22. The fourth-order valence-corrected chi connectivity index (χ4v) is 2.68. The lowest BCUT2D eigenvalue weighted by Gasteiger charge is -2.16. The molecule has 2 atom stereocenters. The molecule has 0 spiro atoms. The number of nitro groups is 1. The molecule has 1 fully saturated rings. The van der Waals surface area contributed by atoms with Crippen molar-refractivity contribution < 1.29 is 14.4 Å². The van der Waals surface area contributed by atoms with Gasteiger partial charge in [-0.05, 0) is 23.8 Å². The quantitative estimate of drug-likeness (QED) is 0.642. The number of ether oxygens (including phenoxy) is 2. The highest BCUT2D eigenvalue weighted by Crippen LogP contribution is 2.28. The fourth-order valence-electron chi connectivity index (χ4n) is 2.68. The molecule has 0 radical (unpaired) electrons. The molecular formula is C18H21N3O4. The third-order valence-electron chi connectivity index (χ3n) is 4.06. The Morgan fingerprint density at radius 2 is 1.96 bits per heavy atom. The third-order valence-corrected chi connectivity index (χ3v) is 4.06. The maximum Gasteiger partial charge on any atom is 0.310 e. The lowest BCUT2D eigenvalue weighted by molar-refractivity contribution is -0.385. The first-order valence-electron chi connectivity index (χ1n) is 8.07. The van der Waals surface area contributed by atoms with Crippen molar-refractivity contribution in [3.05, 3.63) is 64.2 Å². The predicted molar refractivity (Wildman–Crippen MR) is 95.0 cm³/mol. The van der Waals surface area contributed by atoms with Crippen LogP contribution in [-0.4, -0.2) is 38.3 Å². The summed E-state index contributed by atoms with van der Waals surface area (Å²) in [6, 6.07) is 14.5. The van der Waals surface area contributed by atoms with Gasteiger partial charge in [-0.25, -0.2) is 0 Å². The molecule has 0 bridgehead atoms. The van der Waals surface area contributed by atoms with Crippen LogP contribution in [0.4, 0.5) is 11.4 Å². The van der Waals surface area contributed by atoms with Crippen molar-refractivity contribution in [2.24, 2.45) is 0 Å². The molecular weight excluding hydrogens is 322 g/mol. The summed E-state index contributed by atoms with van der Waals surface area (Å²) in [5.41, 5.74) is 2.13. The van der Waals surface area contributed by atoms with E-state index in [1.54, 1.807) is 18.2 Å². The minimum absolute atomic E-state index is 0.0377. The van der Waals surface area contributed by atoms with E-state index in [9.17, 15) is 10.1 Å². The van der Waals surface area contributed by atoms with Crippen LogP contribution < -0.4 is 15.0 Å². The first-order chi connectivity index (χ1) is 12.0. The Morgan fingerprint density at radius 1 is 1.24 bits per heavy atom. The van der Waals surface area contributed by atoms with Gasteiger partial charge in [-0.15, -0.1) is 0 Å². The van der Waals surface area contributed by atoms with E-state index in [-0.39, 0.29) is 30.4 Å². The normalized spacial score (nSPS) is 19.6. The Morgan fingerprint density at radius 3 is 2.64 bits per heavy atom. The lowest BCUT2D eigenvalue weighted by atomic mass is 10.2. The number of nitrogens with zero attached hydrogens (tertiary/aromatic N) is 2. The SMILES string of the molecule is CN(C)c1ccc([C@H]2NC[C@@H](COc3ccccc3[N+](=O)[O-])O2)cc1. The summed E-state index contributed by atoms with van der Waals surface area (Å²) in [5.74, 6) is 0.259. The number of hydrogen-bond donors (Lipinski definition) is 1. The minimum Gasteiger partial charge on any atom is -0.484 e. The zero-order valence-electron chi connectivity index (χ0n) is 14.2. The number of benzene rings is 2. The molecule has 7 nitrogen and oxygen atoms in total. The standard InChI is InChI=1S/C18H21N3O4/c1-20(2)14-9-7-13(8-10-14)18-19-11-15(25-18)12-24-17-6-4-3-5-16(17)21(22)23/h3-10,15,18-19H,11-12H2,1-2H3/t15-,18-/m0/s1. The van der Waals surface area contributed by atoms with Gasteiger partial charge >= 0.3 is 5.69 Å². The number of nitro benzene ring substituents is 1. The molecule has 1 N–H and O–H groups in total. The fraction of sp³-hybridized carbons (Fsp3) is 0.333. The average molecular weight is 343 g/mol. The highest BCUT2D eigenvalue weighted by molar-refractivity contribution is 5.46. The topological polar surface area (TPSA) is 76.9 Å². The van der Waals surface area contributed by atoms with Crippen molar-refractivity contribution in [2.45, 2.75) is 12.3 Å². The average Bonchev–Trinajstić information content (AvgIpc) is 3.09. The predicted octanol–water partition coefficient (Wildman–Crippen LogP) is 2.73. The van der Waals surface area contributed by atoms with Crippen LogP contribution in [-0.2, 0) is 4.74 Å². The molecule has 0 aromatic heterocycles. The van der Waals surface area contributed by atoms with Crippen molar-refractivity contribution in [3.8, 4) is 5.75 Å². The van der Waals surface area contributed by atoms with Gasteiger partial charge in [0.2, 0.25) is 0 Å². The van der Waals surface area contributed by atoms with Gasteiger partial charge in [-0.3, -0.25) is 15.4 Å². The van der Waals surface area contributed by atoms with Crippen LogP contribution >= 0.6 is 0 Å². The van der Waals surface area contributed by atoms with E-state index < -0.39 is 4.92 Å². The molecule has 1 saturated heterocycles. The number of anilines is 1. The molecule has 1 heterocycles. The van der Waals surface area contributed by atoms with Gasteiger partial charge in [0, 0.05) is 32.4 Å². The van der Waals surface area contributed by atoms with E-state index >= 15 is 0 Å². The zero-order valence-corrected chi connectivity index (χ0v) is 14.2. The molecule has 132 valence electrons. The van der Waals surface area contributed by atoms with Gasteiger partial charge < -0.3 is 14.4 Å². The first kappa shape index (κ1) is 17.2. The second-order valence-corrected chi connectivity index (χ2v) is 6.07. The second kappa shape index (κ2) is 7.50. The third kappa shape index (κ3) is 4.07. The number of rotatable bonds is 6. The molecule has 0 saturated carbocycles.